The summed E-state index contributed by atoms with van der Waals surface area (Å²) >= 11 is 3.13. The van der Waals surface area contributed by atoms with E-state index in [0.717, 1.165) is 0 Å². The summed E-state index contributed by atoms with van der Waals surface area (Å²) in [6, 6.07) is 4.70. The SMILES string of the molecule is COC(OC)C(C)Nc1ccc(Br)c([N+](=O)[O-])c1. The summed E-state index contributed by atoms with van der Waals surface area (Å²) in [6.07, 6.45) is -0.423. The molecule has 0 saturated heterocycles. The third kappa shape index (κ3) is 3.66. The molecule has 1 N–H and O–H groups in total. The number of benzene rings is 1. The fourth-order valence-corrected chi connectivity index (χ4v) is 1.97. The van der Waals surface area contributed by atoms with Crippen molar-refractivity contribution in [3.8, 4) is 0 Å². The lowest BCUT2D eigenvalue weighted by atomic mass is 10.2. The number of hydrogen-bond acceptors (Lipinski definition) is 5. The van der Waals surface area contributed by atoms with Gasteiger partial charge in [0, 0.05) is 26.0 Å². The molecule has 100 valence electrons. The molecule has 7 heteroatoms. The van der Waals surface area contributed by atoms with Crippen LogP contribution >= 0.6 is 15.9 Å². The maximum Gasteiger partial charge on any atom is 0.285 e. The van der Waals surface area contributed by atoms with Gasteiger partial charge >= 0.3 is 0 Å². The summed E-state index contributed by atoms with van der Waals surface area (Å²) in [5, 5.41) is 13.9. The summed E-state index contributed by atoms with van der Waals surface area (Å²) in [5.41, 5.74) is 0.648. The highest BCUT2D eigenvalue weighted by Crippen LogP contribution is 2.28. The van der Waals surface area contributed by atoms with Crippen LogP contribution in [0.1, 0.15) is 6.92 Å². The average Bonchev–Trinajstić information content (AvgIpc) is 2.32. The van der Waals surface area contributed by atoms with E-state index in [1.807, 2.05) is 6.92 Å². The van der Waals surface area contributed by atoms with E-state index in [1.165, 1.54) is 20.3 Å². The maximum absolute atomic E-state index is 10.8. The predicted molar refractivity (Wildman–Crippen MR) is 71.7 cm³/mol. The molecule has 0 heterocycles. The van der Waals surface area contributed by atoms with E-state index < -0.39 is 11.2 Å². The lowest BCUT2D eigenvalue weighted by Gasteiger charge is -2.23. The molecular weight excluding hydrogens is 304 g/mol. The average molecular weight is 319 g/mol. The van der Waals surface area contributed by atoms with Crippen LogP contribution in [0.3, 0.4) is 0 Å². The summed E-state index contributed by atoms with van der Waals surface area (Å²) in [4.78, 5) is 10.4. The largest absolute Gasteiger partial charge is 0.377 e. The molecule has 18 heavy (non-hydrogen) atoms. The van der Waals surface area contributed by atoms with Crippen molar-refractivity contribution in [2.75, 3.05) is 19.5 Å². The topological polar surface area (TPSA) is 73.6 Å². The Balaban J connectivity index is 2.85. The Kier molecular flexibility index (Phi) is 5.52. The number of nitro groups is 1. The predicted octanol–water partition coefficient (Wildman–Crippen LogP) is 2.78. The molecule has 1 aromatic carbocycles. The second-order valence-corrected chi connectivity index (χ2v) is 4.55. The Morgan fingerprint density at radius 3 is 2.50 bits per heavy atom. The molecule has 1 atom stereocenters. The third-order valence-corrected chi connectivity index (χ3v) is 3.08. The second kappa shape index (κ2) is 6.67. The van der Waals surface area contributed by atoms with Gasteiger partial charge in [-0.2, -0.15) is 0 Å². The number of methoxy groups -OCH3 is 2. The van der Waals surface area contributed by atoms with Crippen LogP contribution in [-0.4, -0.2) is 31.5 Å². The zero-order valence-electron chi connectivity index (χ0n) is 10.3. The molecule has 0 aliphatic heterocycles. The standard InChI is InChI=1S/C11H15BrN2O4/c1-7(11(17-2)18-3)13-8-4-5-9(12)10(6-8)14(15)16/h4-7,11,13H,1-3H3. The van der Waals surface area contributed by atoms with Crippen LogP contribution in [0.4, 0.5) is 11.4 Å². The Morgan fingerprint density at radius 1 is 1.39 bits per heavy atom. The molecule has 1 aromatic rings. The first-order valence-electron chi connectivity index (χ1n) is 5.25. The molecule has 0 aromatic heterocycles. The van der Waals surface area contributed by atoms with Crippen molar-refractivity contribution in [2.24, 2.45) is 0 Å². The quantitative estimate of drug-likeness (QED) is 0.496. The van der Waals surface area contributed by atoms with Crippen LogP contribution in [0.2, 0.25) is 0 Å². The van der Waals surface area contributed by atoms with E-state index in [9.17, 15) is 10.1 Å². The van der Waals surface area contributed by atoms with Crippen LogP contribution < -0.4 is 5.32 Å². The number of halogens is 1. The number of rotatable bonds is 6. The van der Waals surface area contributed by atoms with Gasteiger partial charge < -0.3 is 14.8 Å². The van der Waals surface area contributed by atoms with Crippen LogP contribution in [0.15, 0.2) is 22.7 Å². The van der Waals surface area contributed by atoms with Gasteiger partial charge in [-0.25, -0.2) is 0 Å². The van der Waals surface area contributed by atoms with Gasteiger partial charge in [0.05, 0.1) is 15.4 Å². The molecule has 0 amide bonds. The van der Waals surface area contributed by atoms with Crippen LogP contribution in [0, 0.1) is 10.1 Å². The van der Waals surface area contributed by atoms with Gasteiger partial charge in [0.25, 0.3) is 5.69 Å². The van der Waals surface area contributed by atoms with Crippen LogP contribution in [-0.2, 0) is 9.47 Å². The zero-order valence-corrected chi connectivity index (χ0v) is 11.9. The monoisotopic (exact) mass is 318 g/mol. The second-order valence-electron chi connectivity index (χ2n) is 3.70. The Hall–Kier alpha value is -1.18. The van der Waals surface area contributed by atoms with Gasteiger partial charge in [0.15, 0.2) is 6.29 Å². The van der Waals surface area contributed by atoms with E-state index in [2.05, 4.69) is 21.2 Å². The fourth-order valence-electron chi connectivity index (χ4n) is 1.58. The Labute approximate surface area is 114 Å². The molecule has 0 aliphatic rings. The number of hydrogen-bond donors (Lipinski definition) is 1. The minimum Gasteiger partial charge on any atom is -0.377 e. The molecule has 0 saturated carbocycles. The molecule has 6 nitrogen and oxygen atoms in total. The molecule has 0 aliphatic carbocycles. The van der Waals surface area contributed by atoms with Gasteiger partial charge in [-0.15, -0.1) is 0 Å². The Morgan fingerprint density at radius 2 is 2.00 bits per heavy atom. The van der Waals surface area contributed by atoms with Crippen molar-refractivity contribution in [2.45, 2.75) is 19.3 Å². The fraction of sp³-hybridized carbons (Fsp3) is 0.455. The summed E-state index contributed by atoms with van der Waals surface area (Å²) < 4.78 is 10.7. The summed E-state index contributed by atoms with van der Waals surface area (Å²) in [5.74, 6) is 0. The molecule has 0 bridgehead atoms. The highest BCUT2D eigenvalue weighted by molar-refractivity contribution is 9.10. The van der Waals surface area contributed by atoms with Gasteiger partial charge in [-0.1, -0.05) is 0 Å². The molecule has 1 unspecified atom stereocenters. The molecule has 0 radical (unpaired) electrons. The van der Waals surface area contributed by atoms with Crippen molar-refractivity contribution in [1.82, 2.24) is 0 Å². The van der Waals surface area contributed by atoms with Gasteiger partial charge in [0.1, 0.15) is 0 Å². The minimum absolute atomic E-state index is 0.0126. The van der Waals surface area contributed by atoms with Gasteiger partial charge in [-0.05, 0) is 35.0 Å². The van der Waals surface area contributed by atoms with Crippen molar-refractivity contribution in [3.63, 3.8) is 0 Å². The van der Waals surface area contributed by atoms with Crippen molar-refractivity contribution >= 4 is 27.3 Å². The molecule has 0 spiro atoms. The highest BCUT2D eigenvalue weighted by Gasteiger charge is 2.17. The van der Waals surface area contributed by atoms with E-state index in [1.54, 1.807) is 12.1 Å². The van der Waals surface area contributed by atoms with Gasteiger partial charge in [0.2, 0.25) is 0 Å². The lowest BCUT2D eigenvalue weighted by Crippen LogP contribution is -2.33. The minimum atomic E-state index is -0.440. The van der Waals surface area contributed by atoms with Gasteiger partial charge in [-0.3, -0.25) is 10.1 Å². The number of nitrogens with zero attached hydrogens (tertiary/aromatic N) is 1. The number of anilines is 1. The van der Waals surface area contributed by atoms with E-state index >= 15 is 0 Å². The number of ether oxygens (including phenoxy) is 2. The maximum atomic E-state index is 10.8. The molecule has 0 fully saturated rings. The van der Waals surface area contributed by atoms with E-state index in [-0.39, 0.29) is 11.7 Å². The van der Waals surface area contributed by atoms with Crippen LogP contribution in [0.25, 0.3) is 0 Å². The van der Waals surface area contributed by atoms with E-state index in [4.69, 9.17) is 9.47 Å². The smallest absolute Gasteiger partial charge is 0.285 e. The normalized spacial score (nSPS) is 12.5. The van der Waals surface area contributed by atoms with E-state index in [0.29, 0.717) is 10.2 Å². The lowest BCUT2D eigenvalue weighted by molar-refractivity contribution is -0.385. The molecular formula is C11H15BrN2O4. The van der Waals surface area contributed by atoms with Crippen LogP contribution in [0.5, 0.6) is 0 Å². The first-order valence-corrected chi connectivity index (χ1v) is 6.05. The van der Waals surface area contributed by atoms with Crippen molar-refractivity contribution in [3.05, 3.63) is 32.8 Å². The number of nitro benzene ring substituents is 1. The summed E-state index contributed by atoms with van der Waals surface area (Å²) in [7, 11) is 3.08. The first-order chi connectivity index (χ1) is 8.49. The zero-order chi connectivity index (χ0) is 13.7. The van der Waals surface area contributed by atoms with Crippen molar-refractivity contribution < 1.29 is 14.4 Å². The summed E-state index contributed by atoms with van der Waals surface area (Å²) in [6.45, 7) is 1.87. The Bertz CT molecular complexity index is 424. The third-order valence-electron chi connectivity index (χ3n) is 2.41. The molecule has 1 rings (SSSR count). The number of nitrogens with one attached hydrogen (secondary N) is 1. The van der Waals surface area contributed by atoms with Crippen molar-refractivity contribution in [1.29, 1.82) is 0 Å². The first kappa shape index (κ1) is 14.9. The highest BCUT2D eigenvalue weighted by atomic mass is 79.9.